The van der Waals surface area contributed by atoms with Gasteiger partial charge in [-0.05, 0) is 0 Å². The fourth-order valence-electron chi connectivity index (χ4n) is 2.27. The van der Waals surface area contributed by atoms with Crippen LogP contribution in [-0.2, 0) is 14.3 Å². The Morgan fingerprint density at radius 1 is 1.45 bits per heavy atom. The maximum absolute atomic E-state index is 12.2. The van der Waals surface area contributed by atoms with E-state index in [1.54, 1.807) is 0 Å². The van der Waals surface area contributed by atoms with Crippen molar-refractivity contribution in [2.75, 3.05) is 41.0 Å². The van der Waals surface area contributed by atoms with Crippen molar-refractivity contribution in [1.29, 1.82) is 0 Å². The molecule has 1 rings (SSSR count). The van der Waals surface area contributed by atoms with Crippen LogP contribution in [0.5, 0.6) is 0 Å². The first-order chi connectivity index (χ1) is 9.40. The van der Waals surface area contributed by atoms with Crippen molar-refractivity contribution in [1.82, 2.24) is 9.80 Å². The fourth-order valence-corrected chi connectivity index (χ4v) is 2.27. The van der Waals surface area contributed by atoms with Gasteiger partial charge in [-0.2, -0.15) is 0 Å². The van der Waals surface area contributed by atoms with Crippen LogP contribution in [0.4, 0.5) is 4.79 Å². The predicted molar refractivity (Wildman–Crippen MR) is 69.5 cm³/mol. The van der Waals surface area contributed by atoms with Crippen LogP contribution in [0, 0.1) is 0 Å². The van der Waals surface area contributed by atoms with Gasteiger partial charge in [0.05, 0.1) is 25.4 Å². The van der Waals surface area contributed by atoms with E-state index in [4.69, 9.17) is 14.6 Å². The number of methoxy groups -OCH3 is 2. The first-order valence-corrected chi connectivity index (χ1v) is 6.35. The zero-order valence-electron chi connectivity index (χ0n) is 12.0. The van der Waals surface area contributed by atoms with E-state index in [1.165, 1.54) is 31.1 Å². The first kappa shape index (κ1) is 16.7. The highest BCUT2D eigenvalue weighted by atomic mass is 16.5. The Labute approximate surface area is 117 Å². The number of nitrogens with zero attached hydrogens (tertiary/aromatic N) is 2. The smallest absolute Gasteiger partial charge is 0.326 e. The highest BCUT2D eigenvalue weighted by Crippen LogP contribution is 2.21. The number of rotatable bonds is 6. The number of aliphatic carboxylic acids is 1. The molecule has 2 N–H and O–H groups in total. The Morgan fingerprint density at radius 3 is 2.60 bits per heavy atom. The molecule has 3 atom stereocenters. The monoisotopic (exact) mass is 290 g/mol. The number of likely N-dealkylation sites (tertiary alicyclic amines) is 1. The molecule has 0 saturated carbocycles. The summed E-state index contributed by atoms with van der Waals surface area (Å²) in [6.07, 6.45) is -0.818. The quantitative estimate of drug-likeness (QED) is 0.665. The number of carbonyl (C=O) groups is 2. The van der Waals surface area contributed by atoms with Gasteiger partial charge >= 0.3 is 12.0 Å². The molecule has 116 valence electrons. The van der Waals surface area contributed by atoms with Gasteiger partial charge in [-0.15, -0.1) is 0 Å². The SMILES string of the molecule is COCC(O)CN(C)C(=O)N1CC(OC)CC1C(=O)O. The molecule has 0 aromatic heterocycles. The van der Waals surface area contributed by atoms with Gasteiger partial charge in [0.2, 0.25) is 0 Å². The Morgan fingerprint density at radius 2 is 2.10 bits per heavy atom. The van der Waals surface area contributed by atoms with Gasteiger partial charge in [0, 0.05) is 34.2 Å². The van der Waals surface area contributed by atoms with Gasteiger partial charge in [0.25, 0.3) is 0 Å². The number of carboxylic acids is 1. The molecule has 0 aromatic rings. The number of carboxylic acid groups (broad SMARTS) is 1. The van der Waals surface area contributed by atoms with E-state index in [2.05, 4.69) is 0 Å². The molecule has 2 amide bonds. The van der Waals surface area contributed by atoms with Crippen molar-refractivity contribution < 1.29 is 29.3 Å². The molecule has 1 aliphatic rings. The Balaban J connectivity index is 2.66. The summed E-state index contributed by atoms with van der Waals surface area (Å²) in [6.45, 7) is 0.421. The molecule has 0 aromatic carbocycles. The molecule has 1 aliphatic heterocycles. The Bertz CT molecular complexity index is 351. The van der Waals surface area contributed by atoms with Crippen molar-refractivity contribution in [2.45, 2.75) is 24.7 Å². The van der Waals surface area contributed by atoms with E-state index in [0.717, 1.165) is 0 Å². The highest BCUT2D eigenvalue weighted by molar-refractivity contribution is 5.83. The molecule has 8 heteroatoms. The molecule has 0 bridgehead atoms. The molecule has 1 heterocycles. The standard InChI is InChI=1S/C12H22N2O6/c1-13(5-8(15)7-19-2)12(18)14-6-9(20-3)4-10(14)11(16)17/h8-10,15H,4-7H2,1-3H3,(H,16,17). The minimum absolute atomic E-state index is 0.0765. The maximum Gasteiger partial charge on any atom is 0.326 e. The normalized spacial score (nSPS) is 23.7. The molecule has 3 unspecified atom stereocenters. The van der Waals surface area contributed by atoms with E-state index in [0.29, 0.717) is 0 Å². The third-order valence-corrected chi connectivity index (χ3v) is 3.30. The number of aliphatic hydroxyl groups excluding tert-OH is 1. The number of likely N-dealkylation sites (N-methyl/N-ethyl adjacent to an activating group) is 1. The molecule has 0 aliphatic carbocycles. The molecular formula is C12H22N2O6. The summed E-state index contributed by atoms with van der Waals surface area (Å²) in [4.78, 5) is 26.0. The second kappa shape index (κ2) is 7.41. The van der Waals surface area contributed by atoms with Crippen molar-refractivity contribution in [3.05, 3.63) is 0 Å². The minimum atomic E-state index is -1.05. The number of urea groups is 1. The molecule has 1 saturated heterocycles. The number of carbonyl (C=O) groups excluding carboxylic acids is 1. The number of hydrogen-bond acceptors (Lipinski definition) is 5. The van der Waals surface area contributed by atoms with Crippen LogP contribution in [0.25, 0.3) is 0 Å². The molecule has 0 radical (unpaired) electrons. The van der Waals surface area contributed by atoms with Crippen LogP contribution < -0.4 is 0 Å². The number of ether oxygens (including phenoxy) is 2. The lowest BCUT2D eigenvalue weighted by Crippen LogP contribution is -2.49. The number of amides is 2. The lowest BCUT2D eigenvalue weighted by Gasteiger charge is -2.28. The summed E-state index contributed by atoms with van der Waals surface area (Å²) in [7, 11) is 4.46. The summed E-state index contributed by atoms with van der Waals surface area (Å²) in [5, 5.41) is 18.8. The van der Waals surface area contributed by atoms with Crippen LogP contribution in [0.1, 0.15) is 6.42 Å². The molecular weight excluding hydrogens is 268 g/mol. The topological polar surface area (TPSA) is 99.5 Å². The van der Waals surface area contributed by atoms with E-state index in [1.807, 2.05) is 0 Å². The van der Waals surface area contributed by atoms with Crippen molar-refractivity contribution in [3.8, 4) is 0 Å². The minimum Gasteiger partial charge on any atom is -0.480 e. The van der Waals surface area contributed by atoms with E-state index < -0.39 is 24.1 Å². The molecule has 0 spiro atoms. The van der Waals surface area contributed by atoms with Gasteiger partial charge in [-0.25, -0.2) is 9.59 Å². The number of hydrogen-bond donors (Lipinski definition) is 2. The van der Waals surface area contributed by atoms with Crippen LogP contribution in [0.15, 0.2) is 0 Å². The predicted octanol–water partition coefficient (Wildman–Crippen LogP) is -0.781. The van der Waals surface area contributed by atoms with Crippen LogP contribution in [0.3, 0.4) is 0 Å². The second-order valence-corrected chi connectivity index (χ2v) is 4.87. The highest BCUT2D eigenvalue weighted by Gasteiger charge is 2.41. The zero-order valence-corrected chi connectivity index (χ0v) is 12.0. The summed E-state index contributed by atoms with van der Waals surface area (Å²) in [5.41, 5.74) is 0. The van der Waals surface area contributed by atoms with Gasteiger partial charge in [0.1, 0.15) is 6.04 Å². The van der Waals surface area contributed by atoms with Gasteiger partial charge in [-0.3, -0.25) is 0 Å². The summed E-state index contributed by atoms with van der Waals surface area (Å²) < 4.78 is 9.91. The van der Waals surface area contributed by atoms with E-state index >= 15 is 0 Å². The Kier molecular flexibility index (Phi) is 6.18. The third-order valence-electron chi connectivity index (χ3n) is 3.30. The molecule has 20 heavy (non-hydrogen) atoms. The van der Waals surface area contributed by atoms with Gasteiger partial charge in [-0.1, -0.05) is 0 Å². The van der Waals surface area contributed by atoms with E-state index in [-0.39, 0.29) is 32.2 Å². The van der Waals surface area contributed by atoms with Crippen LogP contribution >= 0.6 is 0 Å². The van der Waals surface area contributed by atoms with Gasteiger partial charge < -0.3 is 29.5 Å². The average molecular weight is 290 g/mol. The first-order valence-electron chi connectivity index (χ1n) is 6.35. The molecule has 1 fully saturated rings. The van der Waals surface area contributed by atoms with Crippen molar-refractivity contribution in [2.24, 2.45) is 0 Å². The largest absolute Gasteiger partial charge is 0.480 e. The van der Waals surface area contributed by atoms with Crippen LogP contribution in [-0.4, -0.2) is 91.2 Å². The third kappa shape index (κ3) is 4.06. The lowest BCUT2D eigenvalue weighted by atomic mass is 10.2. The van der Waals surface area contributed by atoms with Crippen LogP contribution in [0.2, 0.25) is 0 Å². The number of aliphatic hydroxyl groups is 1. The van der Waals surface area contributed by atoms with Crippen molar-refractivity contribution >= 4 is 12.0 Å². The second-order valence-electron chi connectivity index (χ2n) is 4.87. The van der Waals surface area contributed by atoms with E-state index in [9.17, 15) is 14.7 Å². The maximum atomic E-state index is 12.2. The molecule has 8 nitrogen and oxygen atoms in total. The fraction of sp³-hybridized carbons (Fsp3) is 0.833. The van der Waals surface area contributed by atoms with Crippen molar-refractivity contribution in [3.63, 3.8) is 0 Å². The summed E-state index contributed by atoms with van der Waals surface area (Å²) in [6, 6.07) is -1.33. The lowest BCUT2D eigenvalue weighted by molar-refractivity contribution is -0.141. The average Bonchev–Trinajstić information content (AvgIpc) is 2.82. The Hall–Kier alpha value is -1.38. The summed E-state index contributed by atoms with van der Waals surface area (Å²) >= 11 is 0. The summed E-state index contributed by atoms with van der Waals surface area (Å²) in [5.74, 6) is -1.05. The zero-order chi connectivity index (χ0) is 15.3. The van der Waals surface area contributed by atoms with Gasteiger partial charge in [0.15, 0.2) is 0 Å².